The van der Waals surface area contributed by atoms with Crippen molar-refractivity contribution in [3.05, 3.63) is 94.5 Å². The molecule has 1 amide bonds. The molecule has 25 heavy (non-hydrogen) atoms. The minimum absolute atomic E-state index is 0.276. The monoisotopic (exact) mass is 345 g/mol. The van der Waals surface area contributed by atoms with E-state index in [9.17, 15) is 4.79 Å². The Morgan fingerprint density at radius 1 is 1.08 bits per heavy atom. The van der Waals surface area contributed by atoms with Gasteiger partial charge in [0.25, 0.3) is 5.91 Å². The molecule has 0 aliphatic rings. The van der Waals surface area contributed by atoms with Crippen molar-refractivity contribution in [2.75, 3.05) is 0 Å². The smallest absolute Gasteiger partial charge is 0.281 e. The van der Waals surface area contributed by atoms with Crippen molar-refractivity contribution in [3.63, 3.8) is 0 Å². The zero-order chi connectivity index (χ0) is 17.1. The standard InChI is InChI=1S/C20H15N3OS/c24-19(16-8-4-10-21-13-16)22-20-23(11-12-25-20)14-17-7-3-6-15-5-1-2-9-18(15)17/h1-13H,14H2. The average molecular weight is 345 g/mol. The third kappa shape index (κ3) is 3.27. The fourth-order valence-corrected chi connectivity index (χ4v) is 3.49. The number of rotatable bonds is 3. The molecule has 2 heterocycles. The van der Waals surface area contributed by atoms with Gasteiger partial charge in [-0.05, 0) is 28.5 Å². The van der Waals surface area contributed by atoms with Gasteiger partial charge in [-0.3, -0.25) is 9.78 Å². The van der Waals surface area contributed by atoms with Crippen LogP contribution in [0.15, 0.2) is 83.6 Å². The molecule has 4 rings (SSSR count). The van der Waals surface area contributed by atoms with Crippen molar-refractivity contribution in [2.24, 2.45) is 4.99 Å². The summed E-state index contributed by atoms with van der Waals surface area (Å²) >= 11 is 1.45. The van der Waals surface area contributed by atoms with Gasteiger partial charge >= 0.3 is 0 Å². The normalized spacial score (nSPS) is 11.8. The first-order valence-corrected chi connectivity index (χ1v) is 8.79. The van der Waals surface area contributed by atoms with Crippen LogP contribution in [0, 0.1) is 0 Å². The van der Waals surface area contributed by atoms with Crippen molar-refractivity contribution in [1.82, 2.24) is 9.55 Å². The summed E-state index contributed by atoms with van der Waals surface area (Å²) in [4.78, 5) is 21.2. The predicted octanol–water partition coefficient (Wildman–Crippen LogP) is 3.89. The van der Waals surface area contributed by atoms with Gasteiger partial charge in [0.1, 0.15) is 0 Å². The van der Waals surface area contributed by atoms with Crippen molar-refractivity contribution in [3.8, 4) is 0 Å². The second-order valence-electron chi connectivity index (χ2n) is 5.61. The van der Waals surface area contributed by atoms with Crippen LogP contribution in [-0.4, -0.2) is 15.5 Å². The maximum atomic E-state index is 12.3. The molecule has 5 heteroatoms. The number of aromatic nitrogens is 2. The van der Waals surface area contributed by atoms with Crippen molar-refractivity contribution < 1.29 is 4.79 Å². The Morgan fingerprint density at radius 2 is 1.96 bits per heavy atom. The number of benzene rings is 2. The predicted molar refractivity (Wildman–Crippen MR) is 99.5 cm³/mol. The molecule has 2 aromatic heterocycles. The Hall–Kier alpha value is -3.05. The molecule has 0 aliphatic carbocycles. The Bertz CT molecular complexity index is 1090. The molecule has 0 unspecified atom stereocenters. The molecule has 2 aromatic carbocycles. The van der Waals surface area contributed by atoms with Crippen LogP contribution in [0.1, 0.15) is 15.9 Å². The van der Waals surface area contributed by atoms with Crippen LogP contribution in [0.5, 0.6) is 0 Å². The van der Waals surface area contributed by atoms with Crippen LogP contribution in [0.4, 0.5) is 0 Å². The van der Waals surface area contributed by atoms with Crippen molar-refractivity contribution >= 4 is 28.0 Å². The van der Waals surface area contributed by atoms with E-state index in [1.807, 2.05) is 28.3 Å². The molecule has 122 valence electrons. The maximum absolute atomic E-state index is 12.3. The molecule has 0 N–H and O–H groups in total. The number of carbonyl (C=O) groups is 1. The minimum atomic E-state index is -0.276. The van der Waals surface area contributed by atoms with Gasteiger partial charge in [0, 0.05) is 24.0 Å². The molecule has 0 saturated heterocycles. The largest absolute Gasteiger partial charge is 0.319 e. The van der Waals surface area contributed by atoms with Crippen molar-refractivity contribution in [2.45, 2.75) is 6.54 Å². The summed E-state index contributed by atoms with van der Waals surface area (Å²) in [7, 11) is 0. The van der Waals surface area contributed by atoms with E-state index in [1.165, 1.54) is 33.9 Å². The quantitative estimate of drug-likeness (QED) is 0.565. The minimum Gasteiger partial charge on any atom is -0.319 e. The van der Waals surface area contributed by atoms with E-state index >= 15 is 0 Å². The lowest BCUT2D eigenvalue weighted by atomic mass is 10.0. The number of amides is 1. The third-order valence-corrected chi connectivity index (χ3v) is 4.78. The molecular formula is C20H15N3OS. The lowest BCUT2D eigenvalue weighted by molar-refractivity contribution is 0.0997. The highest BCUT2D eigenvalue weighted by Gasteiger charge is 2.06. The first-order valence-electron chi connectivity index (χ1n) is 7.91. The first kappa shape index (κ1) is 15.5. The molecule has 4 nitrogen and oxygen atoms in total. The topological polar surface area (TPSA) is 47.2 Å². The van der Waals surface area contributed by atoms with E-state index in [4.69, 9.17) is 0 Å². The second-order valence-corrected chi connectivity index (χ2v) is 6.48. The van der Waals surface area contributed by atoms with Crippen LogP contribution in [0.2, 0.25) is 0 Å². The van der Waals surface area contributed by atoms with Crippen LogP contribution in [-0.2, 0) is 6.54 Å². The van der Waals surface area contributed by atoms with E-state index in [2.05, 4.69) is 40.3 Å². The number of fused-ring (bicyclic) bond motifs is 1. The van der Waals surface area contributed by atoms with Gasteiger partial charge in [0.2, 0.25) is 0 Å². The van der Waals surface area contributed by atoms with Gasteiger partial charge in [-0.1, -0.05) is 42.5 Å². The summed E-state index contributed by atoms with van der Waals surface area (Å²) in [5.74, 6) is -0.276. The number of hydrogen-bond acceptors (Lipinski definition) is 3. The Balaban J connectivity index is 1.70. The van der Waals surface area contributed by atoms with Gasteiger partial charge in [0.05, 0.1) is 12.1 Å². The molecule has 0 saturated carbocycles. The van der Waals surface area contributed by atoms with Gasteiger partial charge in [-0.25, -0.2) is 0 Å². The lowest BCUT2D eigenvalue weighted by Crippen LogP contribution is -2.17. The molecule has 0 fully saturated rings. The molecule has 0 spiro atoms. The number of pyridine rings is 1. The zero-order valence-electron chi connectivity index (χ0n) is 13.4. The zero-order valence-corrected chi connectivity index (χ0v) is 14.2. The summed E-state index contributed by atoms with van der Waals surface area (Å²) in [6.07, 6.45) is 5.14. The highest BCUT2D eigenvalue weighted by Crippen LogP contribution is 2.19. The number of thiazole rings is 1. The SMILES string of the molecule is O=C(N=c1sccn1Cc1cccc2ccccc12)c1cccnc1. The lowest BCUT2D eigenvalue weighted by Gasteiger charge is -2.07. The average Bonchev–Trinajstić information content (AvgIpc) is 3.09. The number of hydrogen-bond donors (Lipinski definition) is 0. The van der Waals surface area contributed by atoms with Crippen LogP contribution in [0.3, 0.4) is 0 Å². The Labute approximate surface area is 148 Å². The summed E-state index contributed by atoms with van der Waals surface area (Å²) in [6.45, 7) is 0.671. The summed E-state index contributed by atoms with van der Waals surface area (Å²) in [5.41, 5.74) is 1.69. The third-order valence-electron chi connectivity index (χ3n) is 3.99. The van der Waals surface area contributed by atoms with Gasteiger partial charge in [-0.2, -0.15) is 4.99 Å². The van der Waals surface area contributed by atoms with Gasteiger partial charge in [0.15, 0.2) is 4.80 Å². The summed E-state index contributed by atoms with van der Waals surface area (Å²) in [6, 6.07) is 18.0. The first-order chi connectivity index (χ1) is 12.3. The highest BCUT2D eigenvalue weighted by atomic mass is 32.1. The fraction of sp³-hybridized carbons (Fsp3) is 0.0500. The van der Waals surface area contributed by atoms with Crippen LogP contribution < -0.4 is 4.80 Å². The van der Waals surface area contributed by atoms with Gasteiger partial charge in [-0.15, -0.1) is 11.3 Å². The van der Waals surface area contributed by atoms with Crippen molar-refractivity contribution in [1.29, 1.82) is 0 Å². The molecule has 0 radical (unpaired) electrons. The van der Waals surface area contributed by atoms with E-state index in [0.717, 1.165) is 0 Å². The molecular weight excluding hydrogens is 330 g/mol. The second kappa shape index (κ2) is 6.83. The molecule has 0 bridgehead atoms. The molecule has 4 aromatic rings. The fourth-order valence-electron chi connectivity index (χ4n) is 2.76. The number of carbonyl (C=O) groups excluding carboxylic acids is 1. The van der Waals surface area contributed by atoms with E-state index < -0.39 is 0 Å². The van der Waals surface area contributed by atoms with E-state index in [1.54, 1.807) is 18.3 Å². The summed E-state index contributed by atoms with van der Waals surface area (Å²) in [5, 5.41) is 4.37. The Morgan fingerprint density at radius 3 is 2.84 bits per heavy atom. The summed E-state index contributed by atoms with van der Waals surface area (Å²) < 4.78 is 2.00. The highest BCUT2D eigenvalue weighted by molar-refractivity contribution is 7.07. The maximum Gasteiger partial charge on any atom is 0.281 e. The van der Waals surface area contributed by atoms with Gasteiger partial charge < -0.3 is 4.57 Å². The van der Waals surface area contributed by atoms with Crippen LogP contribution in [0.25, 0.3) is 10.8 Å². The molecule has 0 aliphatic heterocycles. The van der Waals surface area contributed by atoms with Crippen LogP contribution >= 0.6 is 11.3 Å². The van der Waals surface area contributed by atoms with E-state index in [-0.39, 0.29) is 5.91 Å². The molecule has 0 atom stereocenters. The van der Waals surface area contributed by atoms with E-state index in [0.29, 0.717) is 16.9 Å². The number of nitrogens with zero attached hydrogens (tertiary/aromatic N) is 3. The Kier molecular flexibility index (Phi) is 4.23.